The standard InChI is InChI=1S/C25H37N5O4S/c1-25(2)14-30-23(34-15-25)21(13-26-30)35(32,33)28-24(31)27-22-19-9-5-7-16(19)18(11-12-29(3)4)17-8-6-10-20(17)22/h13,24,27-28,31H,5-12,14-15H2,1-4H3. The van der Waals surface area contributed by atoms with Gasteiger partial charge in [0.05, 0.1) is 19.3 Å². The molecule has 0 saturated carbocycles. The third-order valence-electron chi connectivity index (χ3n) is 7.35. The van der Waals surface area contributed by atoms with Crippen LogP contribution in [0.15, 0.2) is 11.1 Å². The molecule has 1 aromatic heterocycles. The van der Waals surface area contributed by atoms with Gasteiger partial charge in [-0.1, -0.05) is 13.8 Å². The fourth-order valence-corrected chi connectivity index (χ4v) is 6.83. The lowest BCUT2D eigenvalue weighted by Crippen LogP contribution is -2.41. The van der Waals surface area contributed by atoms with Crippen LogP contribution in [0.2, 0.25) is 0 Å². The van der Waals surface area contributed by atoms with Crippen LogP contribution in [0, 0.1) is 5.41 Å². The molecule has 1 aliphatic heterocycles. The molecular weight excluding hydrogens is 466 g/mol. The van der Waals surface area contributed by atoms with E-state index in [0.717, 1.165) is 57.2 Å². The number of nitrogens with one attached hydrogen (secondary N) is 2. The van der Waals surface area contributed by atoms with Crippen molar-refractivity contribution < 1.29 is 18.3 Å². The number of nitrogens with zero attached hydrogens (tertiary/aromatic N) is 3. The minimum atomic E-state index is -4.05. The second-order valence-corrected chi connectivity index (χ2v) is 12.8. The highest BCUT2D eigenvalue weighted by Gasteiger charge is 2.35. The van der Waals surface area contributed by atoms with E-state index in [9.17, 15) is 13.5 Å². The average Bonchev–Trinajstić information content (AvgIpc) is 3.51. The summed E-state index contributed by atoms with van der Waals surface area (Å²) in [6, 6.07) is 0. The summed E-state index contributed by atoms with van der Waals surface area (Å²) in [7, 11) is 0.154. The van der Waals surface area contributed by atoms with Crippen molar-refractivity contribution in [3.8, 4) is 5.88 Å². The molecular formula is C25H37N5O4S. The minimum absolute atomic E-state index is 0.0525. The van der Waals surface area contributed by atoms with Crippen LogP contribution >= 0.6 is 0 Å². The first-order valence-electron chi connectivity index (χ1n) is 12.5. The van der Waals surface area contributed by atoms with Crippen LogP contribution in [-0.4, -0.2) is 61.8 Å². The molecule has 10 heteroatoms. The lowest BCUT2D eigenvalue weighted by Gasteiger charge is -2.30. The van der Waals surface area contributed by atoms with Crippen molar-refractivity contribution in [1.29, 1.82) is 0 Å². The van der Waals surface area contributed by atoms with Crippen LogP contribution in [0.4, 0.5) is 5.69 Å². The first-order chi connectivity index (χ1) is 16.6. The van der Waals surface area contributed by atoms with Gasteiger partial charge in [0.25, 0.3) is 10.0 Å². The largest absolute Gasteiger partial charge is 0.476 e. The molecule has 2 aliphatic carbocycles. The smallest absolute Gasteiger partial charge is 0.251 e. The number of anilines is 1. The molecule has 0 fully saturated rings. The normalized spacial score (nSPS) is 19.3. The van der Waals surface area contributed by atoms with Gasteiger partial charge in [0.2, 0.25) is 5.88 Å². The number of rotatable bonds is 8. The third kappa shape index (κ3) is 4.69. The highest BCUT2D eigenvalue weighted by atomic mass is 32.2. The van der Waals surface area contributed by atoms with Gasteiger partial charge in [0, 0.05) is 17.6 Å². The minimum Gasteiger partial charge on any atom is -0.476 e. The molecule has 0 bridgehead atoms. The number of ether oxygens (including phenoxy) is 1. The third-order valence-corrected chi connectivity index (χ3v) is 8.74. The molecule has 35 heavy (non-hydrogen) atoms. The maximum Gasteiger partial charge on any atom is 0.251 e. The van der Waals surface area contributed by atoms with Gasteiger partial charge in [0.15, 0.2) is 11.2 Å². The van der Waals surface area contributed by atoms with Crippen molar-refractivity contribution in [2.24, 2.45) is 5.41 Å². The Kier molecular flexibility index (Phi) is 6.36. The summed E-state index contributed by atoms with van der Waals surface area (Å²) in [5.41, 5.74) is 7.54. The highest BCUT2D eigenvalue weighted by Crippen LogP contribution is 2.42. The molecule has 0 saturated heterocycles. The average molecular weight is 504 g/mol. The zero-order chi connectivity index (χ0) is 25.0. The Balaban J connectivity index is 1.40. The molecule has 3 aliphatic rings. The maximum absolute atomic E-state index is 13.1. The maximum atomic E-state index is 13.1. The van der Waals surface area contributed by atoms with Crippen LogP contribution in [-0.2, 0) is 48.7 Å². The molecule has 0 amide bonds. The molecule has 2 heterocycles. The van der Waals surface area contributed by atoms with Gasteiger partial charge < -0.3 is 20.1 Å². The Bertz CT molecular complexity index is 1200. The summed E-state index contributed by atoms with van der Waals surface area (Å²) < 4.78 is 36.0. The van der Waals surface area contributed by atoms with E-state index < -0.39 is 16.4 Å². The molecule has 5 rings (SSSR count). The first kappa shape index (κ1) is 24.5. The number of hydrogen-bond donors (Lipinski definition) is 3. The molecule has 9 nitrogen and oxygen atoms in total. The molecule has 0 radical (unpaired) electrons. The number of aromatic nitrogens is 2. The van der Waals surface area contributed by atoms with Gasteiger partial charge in [-0.25, -0.2) is 13.1 Å². The predicted octanol–water partition coefficient (Wildman–Crippen LogP) is 2.05. The predicted molar refractivity (Wildman–Crippen MR) is 134 cm³/mol. The van der Waals surface area contributed by atoms with Crippen molar-refractivity contribution >= 4 is 15.7 Å². The quantitative estimate of drug-likeness (QED) is 0.473. The van der Waals surface area contributed by atoms with Crippen molar-refractivity contribution in [3.63, 3.8) is 0 Å². The fourth-order valence-electron chi connectivity index (χ4n) is 5.77. The fraction of sp³-hybridized carbons (Fsp3) is 0.640. The Labute approximate surface area is 207 Å². The number of aliphatic hydroxyl groups is 1. The van der Waals surface area contributed by atoms with Crippen molar-refractivity contribution in [2.45, 2.75) is 76.6 Å². The van der Waals surface area contributed by atoms with Crippen LogP contribution in [0.1, 0.15) is 54.5 Å². The summed E-state index contributed by atoms with van der Waals surface area (Å²) in [6.07, 6.45) is 6.99. The van der Waals surface area contributed by atoms with E-state index in [0.29, 0.717) is 13.2 Å². The first-order valence-corrected chi connectivity index (χ1v) is 14.0. The Morgan fingerprint density at radius 1 is 1.14 bits per heavy atom. The second-order valence-electron chi connectivity index (χ2n) is 11.1. The van der Waals surface area contributed by atoms with Crippen molar-refractivity contribution in [3.05, 3.63) is 34.0 Å². The topological polar surface area (TPSA) is 109 Å². The van der Waals surface area contributed by atoms with Crippen LogP contribution in [0.3, 0.4) is 0 Å². The van der Waals surface area contributed by atoms with Crippen LogP contribution in [0.25, 0.3) is 0 Å². The molecule has 1 unspecified atom stereocenters. The molecule has 1 aromatic carbocycles. The van der Waals surface area contributed by atoms with Gasteiger partial charge in [-0.2, -0.15) is 9.82 Å². The summed E-state index contributed by atoms with van der Waals surface area (Å²) >= 11 is 0. The van der Waals surface area contributed by atoms with E-state index in [1.165, 1.54) is 34.0 Å². The van der Waals surface area contributed by atoms with Gasteiger partial charge in [-0.3, -0.25) is 0 Å². The van der Waals surface area contributed by atoms with Gasteiger partial charge in [-0.15, -0.1) is 0 Å². The summed E-state index contributed by atoms with van der Waals surface area (Å²) in [4.78, 5) is 2.16. The lowest BCUT2D eigenvalue weighted by molar-refractivity contribution is 0.0969. The van der Waals surface area contributed by atoms with E-state index in [1.54, 1.807) is 4.68 Å². The molecule has 2 aromatic rings. The highest BCUT2D eigenvalue weighted by molar-refractivity contribution is 7.89. The monoisotopic (exact) mass is 503 g/mol. The van der Waals surface area contributed by atoms with Gasteiger partial charge in [0.1, 0.15) is 0 Å². The second kappa shape index (κ2) is 9.06. The Morgan fingerprint density at radius 3 is 2.40 bits per heavy atom. The molecule has 192 valence electrons. The lowest BCUT2D eigenvalue weighted by atomic mass is 9.90. The van der Waals surface area contributed by atoms with Crippen LogP contribution < -0.4 is 14.8 Å². The number of likely N-dealkylation sites (N-methyl/N-ethyl adjacent to an activating group) is 1. The van der Waals surface area contributed by atoms with Gasteiger partial charge in [-0.05, 0) is 86.9 Å². The van der Waals surface area contributed by atoms with E-state index in [4.69, 9.17) is 4.74 Å². The number of fused-ring (bicyclic) bond motifs is 3. The Hall–Kier alpha value is -2.14. The number of hydrogen-bond acceptors (Lipinski definition) is 7. The zero-order valence-corrected chi connectivity index (χ0v) is 22.0. The van der Waals surface area contributed by atoms with E-state index in [-0.39, 0.29) is 16.2 Å². The molecule has 3 N–H and O–H groups in total. The number of benzene rings is 1. The van der Waals surface area contributed by atoms with Gasteiger partial charge >= 0.3 is 0 Å². The number of sulfonamides is 1. The summed E-state index contributed by atoms with van der Waals surface area (Å²) in [6.45, 7) is 6.06. The SMILES string of the molecule is CN(C)CCc1c2c(c(NC(O)NS(=O)(=O)c3cnn4c3OCC(C)(C)C4)c3c1CCC3)CCC2. The van der Waals surface area contributed by atoms with Crippen molar-refractivity contribution in [2.75, 3.05) is 32.6 Å². The zero-order valence-electron chi connectivity index (χ0n) is 21.1. The molecule has 1 atom stereocenters. The molecule has 0 spiro atoms. The van der Waals surface area contributed by atoms with E-state index in [1.807, 2.05) is 13.8 Å². The van der Waals surface area contributed by atoms with E-state index >= 15 is 0 Å². The summed E-state index contributed by atoms with van der Waals surface area (Å²) in [5, 5.41) is 18.2. The van der Waals surface area contributed by atoms with Crippen molar-refractivity contribution in [1.82, 2.24) is 19.4 Å². The van der Waals surface area contributed by atoms with E-state index in [2.05, 4.69) is 34.1 Å². The van der Waals surface area contributed by atoms with Crippen LogP contribution in [0.5, 0.6) is 5.88 Å². The summed E-state index contributed by atoms with van der Waals surface area (Å²) in [5.74, 6) is 0.219. The number of aliphatic hydroxyl groups excluding tert-OH is 1. The Morgan fingerprint density at radius 2 is 1.77 bits per heavy atom.